The first-order valence-corrected chi connectivity index (χ1v) is 11.1. The van der Waals surface area contributed by atoms with Crippen LogP contribution in [0.25, 0.3) is 0 Å². The smallest absolute Gasteiger partial charge is 0.255 e. The van der Waals surface area contributed by atoms with Crippen LogP contribution in [0.3, 0.4) is 0 Å². The fourth-order valence-electron chi connectivity index (χ4n) is 3.91. The van der Waals surface area contributed by atoms with Crippen molar-refractivity contribution in [3.05, 3.63) is 77.5 Å². The summed E-state index contributed by atoms with van der Waals surface area (Å²) in [6, 6.07) is 16.4. The molecule has 4 rings (SSSR count). The van der Waals surface area contributed by atoms with Crippen molar-refractivity contribution < 1.29 is 19.1 Å². The molecule has 8 nitrogen and oxygen atoms in total. The average molecular weight is 461 g/mol. The molecule has 34 heavy (non-hydrogen) atoms. The summed E-state index contributed by atoms with van der Waals surface area (Å²) in [6.45, 7) is 4.61. The molecule has 0 bridgehead atoms. The number of carbonyl (C=O) groups excluding carboxylic acids is 2. The molecule has 0 unspecified atom stereocenters. The maximum Gasteiger partial charge on any atom is 0.255 e. The molecular formula is C26H28N4O4. The number of carbonyl (C=O) groups is 2. The second kappa shape index (κ2) is 10.2. The molecule has 0 aliphatic carbocycles. The Morgan fingerprint density at radius 2 is 1.59 bits per heavy atom. The van der Waals surface area contributed by atoms with Crippen LogP contribution in [0.4, 0.5) is 11.5 Å². The minimum atomic E-state index is -0.282. The van der Waals surface area contributed by atoms with E-state index in [0.717, 1.165) is 16.9 Å². The number of pyridine rings is 1. The Labute approximate surface area is 199 Å². The van der Waals surface area contributed by atoms with E-state index in [-0.39, 0.29) is 11.8 Å². The molecule has 3 aromatic rings. The zero-order valence-electron chi connectivity index (χ0n) is 19.6. The number of hydrogen-bond donors (Lipinski definition) is 1. The van der Waals surface area contributed by atoms with Gasteiger partial charge in [-0.15, -0.1) is 0 Å². The van der Waals surface area contributed by atoms with Crippen LogP contribution < -0.4 is 19.7 Å². The van der Waals surface area contributed by atoms with Crippen molar-refractivity contribution >= 4 is 23.3 Å². The quantitative estimate of drug-likeness (QED) is 0.605. The molecule has 2 amide bonds. The van der Waals surface area contributed by atoms with Crippen molar-refractivity contribution in [2.75, 3.05) is 50.6 Å². The van der Waals surface area contributed by atoms with E-state index >= 15 is 0 Å². The van der Waals surface area contributed by atoms with Gasteiger partial charge in [0.25, 0.3) is 11.8 Å². The monoisotopic (exact) mass is 460 g/mol. The molecule has 1 aromatic heterocycles. The van der Waals surface area contributed by atoms with Crippen LogP contribution in [0, 0.1) is 6.92 Å². The minimum absolute atomic E-state index is 0.0675. The highest BCUT2D eigenvalue weighted by Gasteiger charge is 2.23. The molecular weight excluding hydrogens is 432 g/mol. The third kappa shape index (κ3) is 5.11. The average Bonchev–Trinajstić information content (AvgIpc) is 2.88. The zero-order valence-corrected chi connectivity index (χ0v) is 19.6. The maximum absolute atomic E-state index is 12.8. The lowest BCUT2D eigenvalue weighted by Crippen LogP contribution is -2.49. The molecule has 176 valence electrons. The summed E-state index contributed by atoms with van der Waals surface area (Å²) in [5, 5.41) is 2.85. The molecule has 1 saturated heterocycles. The van der Waals surface area contributed by atoms with Crippen LogP contribution in [0.2, 0.25) is 0 Å². The molecule has 2 heterocycles. The summed E-state index contributed by atoms with van der Waals surface area (Å²) in [5.41, 5.74) is 2.75. The number of aromatic nitrogens is 1. The number of piperazine rings is 1. The van der Waals surface area contributed by atoms with Crippen LogP contribution in [0.15, 0.2) is 60.8 Å². The SMILES string of the molecule is COc1cc(OC)cc(C(=O)Nc2ccc(N3CCN(C(=O)c4ccccc4C)CC3)nc2)c1. The first-order valence-electron chi connectivity index (χ1n) is 11.1. The lowest BCUT2D eigenvalue weighted by Gasteiger charge is -2.35. The van der Waals surface area contributed by atoms with Crippen LogP contribution in [-0.4, -0.2) is 62.1 Å². The van der Waals surface area contributed by atoms with E-state index in [1.165, 1.54) is 14.2 Å². The second-order valence-corrected chi connectivity index (χ2v) is 8.05. The first kappa shape index (κ1) is 23.1. The van der Waals surface area contributed by atoms with E-state index in [0.29, 0.717) is 48.9 Å². The van der Waals surface area contributed by atoms with Crippen LogP contribution in [-0.2, 0) is 0 Å². The summed E-state index contributed by atoms with van der Waals surface area (Å²) < 4.78 is 10.5. The van der Waals surface area contributed by atoms with Gasteiger partial charge in [0.2, 0.25) is 0 Å². The van der Waals surface area contributed by atoms with Crippen molar-refractivity contribution in [3.63, 3.8) is 0 Å². The summed E-state index contributed by atoms with van der Waals surface area (Å²) in [7, 11) is 3.08. The van der Waals surface area contributed by atoms with Crippen LogP contribution in [0.1, 0.15) is 26.3 Å². The normalized spacial score (nSPS) is 13.4. The summed E-state index contributed by atoms with van der Waals surface area (Å²) >= 11 is 0. The van der Waals surface area contributed by atoms with E-state index in [1.54, 1.807) is 24.4 Å². The minimum Gasteiger partial charge on any atom is -0.497 e. The van der Waals surface area contributed by atoms with Gasteiger partial charge in [0.15, 0.2) is 0 Å². The lowest BCUT2D eigenvalue weighted by atomic mass is 10.1. The zero-order chi connectivity index (χ0) is 24.1. The number of nitrogens with zero attached hydrogens (tertiary/aromatic N) is 3. The largest absolute Gasteiger partial charge is 0.497 e. The van der Waals surface area contributed by atoms with Crippen LogP contribution in [0.5, 0.6) is 11.5 Å². The number of hydrogen-bond acceptors (Lipinski definition) is 6. The van der Waals surface area contributed by atoms with Gasteiger partial charge in [0, 0.05) is 43.4 Å². The van der Waals surface area contributed by atoms with Crippen LogP contribution >= 0.6 is 0 Å². The molecule has 1 N–H and O–H groups in total. The molecule has 1 fully saturated rings. The Bertz CT molecular complexity index is 1150. The molecule has 1 aliphatic rings. The number of methoxy groups -OCH3 is 2. The van der Waals surface area contributed by atoms with E-state index in [4.69, 9.17) is 9.47 Å². The van der Waals surface area contributed by atoms with Gasteiger partial charge in [0.05, 0.1) is 26.1 Å². The molecule has 0 spiro atoms. The van der Waals surface area contributed by atoms with E-state index in [2.05, 4.69) is 15.2 Å². The maximum atomic E-state index is 12.8. The predicted octanol–water partition coefficient (Wildman–Crippen LogP) is 3.62. The molecule has 0 saturated carbocycles. The Balaban J connectivity index is 1.36. The third-order valence-corrected chi connectivity index (χ3v) is 5.89. The fraction of sp³-hybridized carbons (Fsp3) is 0.269. The van der Waals surface area contributed by atoms with Gasteiger partial charge in [-0.05, 0) is 42.8 Å². The van der Waals surface area contributed by atoms with Crippen molar-refractivity contribution in [1.29, 1.82) is 0 Å². The van der Waals surface area contributed by atoms with Crippen molar-refractivity contribution in [1.82, 2.24) is 9.88 Å². The summed E-state index contributed by atoms with van der Waals surface area (Å²) in [5.74, 6) is 1.67. The number of rotatable bonds is 6. The third-order valence-electron chi connectivity index (χ3n) is 5.89. The molecule has 8 heteroatoms. The Morgan fingerprint density at radius 1 is 0.912 bits per heavy atom. The number of benzene rings is 2. The van der Waals surface area contributed by atoms with Crippen molar-refractivity contribution in [3.8, 4) is 11.5 Å². The number of nitrogens with one attached hydrogen (secondary N) is 1. The van der Waals surface area contributed by atoms with Crippen molar-refractivity contribution in [2.45, 2.75) is 6.92 Å². The van der Waals surface area contributed by atoms with E-state index in [9.17, 15) is 9.59 Å². The predicted molar refractivity (Wildman–Crippen MR) is 131 cm³/mol. The van der Waals surface area contributed by atoms with Gasteiger partial charge >= 0.3 is 0 Å². The molecule has 2 aromatic carbocycles. The van der Waals surface area contributed by atoms with E-state index in [1.807, 2.05) is 48.2 Å². The van der Waals surface area contributed by atoms with Gasteiger partial charge in [-0.3, -0.25) is 9.59 Å². The number of amides is 2. The first-order chi connectivity index (χ1) is 16.5. The van der Waals surface area contributed by atoms with Gasteiger partial charge < -0.3 is 24.6 Å². The standard InChI is InChI=1S/C26H28N4O4/c1-18-6-4-5-7-23(18)26(32)30-12-10-29(11-13-30)24-9-8-20(17-27-24)28-25(31)19-14-21(33-2)16-22(15-19)34-3/h4-9,14-17H,10-13H2,1-3H3,(H,28,31). The molecule has 1 aliphatic heterocycles. The number of anilines is 2. The Hall–Kier alpha value is -4.07. The van der Waals surface area contributed by atoms with Gasteiger partial charge in [-0.25, -0.2) is 4.98 Å². The number of aryl methyl sites for hydroxylation is 1. The Morgan fingerprint density at radius 3 is 2.18 bits per heavy atom. The molecule has 0 atom stereocenters. The molecule has 0 radical (unpaired) electrons. The van der Waals surface area contributed by atoms with Gasteiger partial charge in [0.1, 0.15) is 17.3 Å². The summed E-state index contributed by atoms with van der Waals surface area (Å²) in [6.07, 6.45) is 1.63. The lowest BCUT2D eigenvalue weighted by molar-refractivity contribution is 0.0745. The van der Waals surface area contributed by atoms with Gasteiger partial charge in [-0.2, -0.15) is 0 Å². The highest BCUT2D eigenvalue weighted by Crippen LogP contribution is 2.24. The topological polar surface area (TPSA) is 84.0 Å². The fourth-order valence-corrected chi connectivity index (χ4v) is 3.91. The highest BCUT2D eigenvalue weighted by molar-refractivity contribution is 6.04. The second-order valence-electron chi connectivity index (χ2n) is 8.05. The number of ether oxygens (including phenoxy) is 2. The van der Waals surface area contributed by atoms with E-state index < -0.39 is 0 Å². The highest BCUT2D eigenvalue weighted by atomic mass is 16.5. The van der Waals surface area contributed by atoms with Gasteiger partial charge in [-0.1, -0.05) is 18.2 Å². The summed E-state index contributed by atoms with van der Waals surface area (Å²) in [4.78, 5) is 34.1. The Kier molecular flexibility index (Phi) is 6.96. The van der Waals surface area contributed by atoms with Crippen molar-refractivity contribution in [2.24, 2.45) is 0 Å².